The fraction of sp³-hybridized carbons (Fsp3) is 0.357. The molecule has 0 saturated heterocycles. The minimum atomic E-state index is -0.929. The molecule has 106 valence electrons. The highest BCUT2D eigenvalue weighted by molar-refractivity contribution is 7.98. The molecule has 0 radical (unpaired) electrons. The molecule has 0 atom stereocenters. The van der Waals surface area contributed by atoms with E-state index in [9.17, 15) is 4.79 Å². The van der Waals surface area contributed by atoms with Crippen LogP contribution in [0.25, 0.3) is 0 Å². The lowest BCUT2D eigenvalue weighted by Crippen LogP contribution is -1.98. The maximum Gasteiger partial charge on any atom is 0.336 e. The molecule has 1 aromatic heterocycles. The van der Waals surface area contributed by atoms with Gasteiger partial charge in [-0.25, -0.2) is 4.79 Å². The Morgan fingerprint density at radius 2 is 2.15 bits per heavy atom. The SMILES string of the molecule is CC(C)Cc1nc(CSc2ccccc2C(=O)O)no1. The number of carboxylic acids is 1. The van der Waals surface area contributed by atoms with Crippen molar-refractivity contribution in [3.8, 4) is 0 Å². The Morgan fingerprint density at radius 3 is 2.85 bits per heavy atom. The summed E-state index contributed by atoms with van der Waals surface area (Å²) in [4.78, 5) is 16.1. The number of aromatic carboxylic acids is 1. The van der Waals surface area contributed by atoms with Gasteiger partial charge in [-0.2, -0.15) is 4.98 Å². The summed E-state index contributed by atoms with van der Waals surface area (Å²) in [5.74, 6) is 1.24. The molecule has 0 fully saturated rings. The number of carboxylic acid groups (broad SMARTS) is 1. The van der Waals surface area contributed by atoms with E-state index in [1.165, 1.54) is 11.8 Å². The lowest BCUT2D eigenvalue weighted by molar-refractivity contribution is 0.0693. The average molecular weight is 292 g/mol. The Bertz CT molecular complexity index is 596. The monoisotopic (exact) mass is 292 g/mol. The Kier molecular flexibility index (Phi) is 4.79. The van der Waals surface area contributed by atoms with Gasteiger partial charge in [0.15, 0.2) is 5.82 Å². The van der Waals surface area contributed by atoms with Crippen molar-refractivity contribution in [2.24, 2.45) is 5.92 Å². The van der Waals surface area contributed by atoms with Crippen molar-refractivity contribution in [2.75, 3.05) is 0 Å². The van der Waals surface area contributed by atoms with Crippen LogP contribution >= 0.6 is 11.8 Å². The molecular formula is C14H16N2O3S. The largest absolute Gasteiger partial charge is 0.478 e. The fourth-order valence-corrected chi connectivity index (χ4v) is 2.58. The molecule has 0 aliphatic carbocycles. The van der Waals surface area contributed by atoms with E-state index in [4.69, 9.17) is 9.63 Å². The lowest BCUT2D eigenvalue weighted by Gasteiger charge is -2.03. The van der Waals surface area contributed by atoms with Crippen LogP contribution in [0.3, 0.4) is 0 Å². The number of aromatic nitrogens is 2. The standard InChI is InChI=1S/C14H16N2O3S/c1-9(2)7-13-15-12(16-19-13)8-20-11-6-4-3-5-10(11)14(17)18/h3-6,9H,7-8H2,1-2H3,(H,17,18). The summed E-state index contributed by atoms with van der Waals surface area (Å²) in [6.07, 6.45) is 0.753. The molecule has 0 saturated carbocycles. The number of carbonyl (C=O) groups is 1. The Hall–Kier alpha value is -1.82. The van der Waals surface area contributed by atoms with Crippen molar-refractivity contribution in [3.63, 3.8) is 0 Å². The molecule has 0 bridgehead atoms. The number of thioether (sulfide) groups is 1. The summed E-state index contributed by atoms with van der Waals surface area (Å²) >= 11 is 1.39. The first kappa shape index (κ1) is 14.6. The van der Waals surface area contributed by atoms with Gasteiger partial charge in [-0.05, 0) is 18.1 Å². The van der Waals surface area contributed by atoms with Crippen molar-refractivity contribution in [1.29, 1.82) is 0 Å². The third-order valence-corrected chi connectivity index (χ3v) is 3.64. The molecular weight excluding hydrogens is 276 g/mol. The molecule has 1 heterocycles. The van der Waals surface area contributed by atoms with Crippen molar-refractivity contribution < 1.29 is 14.4 Å². The third kappa shape index (κ3) is 3.84. The number of benzene rings is 1. The van der Waals surface area contributed by atoms with Crippen molar-refractivity contribution in [1.82, 2.24) is 10.1 Å². The maximum atomic E-state index is 11.1. The van der Waals surface area contributed by atoms with Crippen LogP contribution in [0.5, 0.6) is 0 Å². The first-order valence-corrected chi connectivity index (χ1v) is 7.31. The minimum Gasteiger partial charge on any atom is -0.478 e. The number of hydrogen-bond donors (Lipinski definition) is 1. The highest BCUT2D eigenvalue weighted by Gasteiger charge is 2.12. The number of rotatable bonds is 6. The van der Waals surface area contributed by atoms with Gasteiger partial charge in [0.05, 0.1) is 11.3 Å². The van der Waals surface area contributed by atoms with E-state index >= 15 is 0 Å². The molecule has 1 aromatic carbocycles. The molecule has 2 aromatic rings. The zero-order valence-corrected chi connectivity index (χ0v) is 12.2. The van der Waals surface area contributed by atoms with Gasteiger partial charge in [0, 0.05) is 11.3 Å². The summed E-state index contributed by atoms with van der Waals surface area (Å²) in [5.41, 5.74) is 0.295. The molecule has 0 aliphatic rings. The van der Waals surface area contributed by atoms with E-state index in [2.05, 4.69) is 24.0 Å². The Labute approximate surface area is 121 Å². The van der Waals surface area contributed by atoms with E-state index in [0.29, 0.717) is 33.8 Å². The zero-order chi connectivity index (χ0) is 14.5. The maximum absolute atomic E-state index is 11.1. The zero-order valence-electron chi connectivity index (χ0n) is 11.4. The molecule has 1 N–H and O–H groups in total. The van der Waals surface area contributed by atoms with Gasteiger partial charge in [-0.15, -0.1) is 11.8 Å². The molecule has 0 unspecified atom stereocenters. The Balaban J connectivity index is 2.02. The van der Waals surface area contributed by atoms with Gasteiger partial charge < -0.3 is 9.63 Å². The van der Waals surface area contributed by atoms with Crippen LogP contribution in [0.4, 0.5) is 0 Å². The van der Waals surface area contributed by atoms with E-state index in [1.54, 1.807) is 18.2 Å². The van der Waals surface area contributed by atoms with Crippen LogP contribution in [-0.4, -0.2) is 21.2 Å². The molecule has 6 heteroatoms. The fourth-order valence-electron chi connectivity index (χ4n) is 1.69. The smallest absolute Gasteiger partial charge is 0.336 e. The number of hydrogen-bond acceptors (Lipinski definition) is 5. The van der Waals surface area contributed by atoms with E-state index in [1.807, 2.05) is 6.07 Å². The second-order valence-electron chi connectivity index (χ2n) is 4.79. The first-order chi connectivity index (χ1) is 9.56. The third-order valence-electron chi connectivity index (χ3n) is 2.57. The molecule has 0 aliphatic heterocycles. The van der Waals surface area contributed by atoms with Gasteiger partial charge in [-0.3, -0.25) is 0 Å². The summed E-state index contributed by atoms with van der Waals surface area (Å²) in [6, 6.07) is 6.89. The second-order valence-corrected chi connectivity index (χ2v) is 5.81. The van der Waals surface area contributed by atoms with Gasteiger partial charge in [0.2, 0.25) is 5.89 Å². The molecule has 5 nitrogen and oxygen atoms in total. The lowest BCUT2D eigenvalue weighted by atomic mass is 10.1. The van der Waals surface area contributed by atoms with E-state index < -0.39 is 5.97 Å². The van der Waals surface area contributed by atoms with Crippen LogP contribution in [0.2, 0.25) is 0 Å². The quantitative estimate of drug-likeness (QED) is 0.823. The van der Waals surface area contributed by atoms with Gasteiger partial charge in [-0.1, -0.05) is 31.1 Å². The summed E-state index contributed by atoms with van der Waals surface area (Å²) in [7, 11) is 0. The highest BCUT2D eigenvalue weighted by atomic mass is 32.2. The van der Waals surface area contributed by atoms with Crippen LogP contribution in [0.15, 0.2) is 33.7 Å². The average Bonchev–Trinajstić information content (AvgIpc) is 2.83. The van der Waals surface area contributed by atoms with Crippen molar-refractivity contribution >= 4 is 17.7 Å². The van der Waals surface area contributed by atoms with Crippen molar-refractivity contribution in [2.45, 2.75) is 30.9 Å². The second kappa shape index (κ2) is 6.56. The number of nitrogens with zero attached hydrogens (tertiary/aromatic N) is 2. The predicted octanol–water partition coefficient (Wildman–Crippen LogP) is 3.26. The van der Waals surface area contributed by atoms with Crippen LogP contribution in [-0.2, 0) is 12.2 Å². The van der Waals surface area contributed by atoms with Gasteiger partial charge in [0.1, 0.15) is 0 Å². The molecule has 20 heavy (non-hydrogen) atoms. The van der Waals surface area contributed by atoms with E-state index in [-0.39, 0.29) is 0 Å². The topological polar surface area (TPSA) is 76.2 Å². The minimum absolute atomic E-state index is 0.295. The first-order valence-electron chi connectivity index (χ1n) is 6.33. The normalized spacial score (nSPS) is 10.9. The highest BCUT2D eigenvalue weighted by Crippen LogP contribution is 2.25. The van der Waals surface area contributed by atoms with Gasteiger partial charge >= 0.3 is 5.97 Å². The van der Waals surface area contributed by atoms with Crippen LogP contribution < -0.4 is 0 Å². The van der Waals surface area contributed by atoms with Crippen LogP contribution in [0, 0.1) is 5.92 Å². The van der Waals surface area contributed by atoms with Crippen LogP contribution in [0.1, 0.15) is 35.9 Å². The summed E-state index contributed by atoms with van der Waals surface area (Å²) in [6.45, 7) is 4.17. The van der Waals surface area contributed by atoms with E-state index in [0.717, 1.165) is 6.42 Å². The molecule has 0 spiro atoms. The summed E-state index contributed by atoms with van der Waals surface area (Å²) < 4.78 is 5.15. The van der Waals surface area contributed by atoms with Gasteiger partial charge in [0.25, 0.3) is 0 Å². The van der Waals surface area contributed by atoms with Crippen molar-refractivity contribution in [3.05, 3.63) is 41.5 Å². The Morgan fingerprint density at radius 1 is 1.40 bits per heavy atom. The predicted molar refractivity (Wildman–Crippen MR) is 75.8 cm³/mol. The summed E-state index contributed by atoms with van der Waals surface area (Å²) in [5, 5.41) is 13.0. The molecule has 2 rings (SSSR count). The molecule has 0 amide bonds.